The SMILES string of the molecule is CN(C)c1ccc2c(Oc3ccc(NC(=O)NCC4CCCCC4)cc3)ncnc2c1. The topological polar surface area (TPSA) is 79.4 Å². The Hall–Kier alpha value is -3.35. The Balaban J connectivity index is 1.36. The largest absolute Gasteiger partial charge is 0.438 e. The number of carbonyl (C=O) groups is 1. The first-order valence-corrected chi connectivity index (χ1v) is 10.8. The van der Waals surface area contributed by atoms with Gasteiger partial charge >= 0.3 is 6.03 Å². The molecule has 1 saturated carbocycles. The zero-order chi connectivity index (χ0) is 21.6. The fourth-order valence-electron chi connectivity index (χ4n) is 3.90. The van der Waals surface area contributed by atoms with Gasteiger partial charge in [-0.05, 0) is 61.2 Å². The summed E-state index contributed by atoms with van der Waals surface area (Å²) in [6, 6.07) is 13.1. The van der Waals surface area contributed by atoms with Crippen LogP contribution >= 0.6 is 0 Å². The molecular formula is C24H29N5O2. The minimum absolute atomic E-state index is 0.169. The molecule has 1 aliphatic rings. The standard InChI is InChI=1S/C24H29N5O2/c1-29(2)19-10-13-21-22(14-19)26-16-27-23(21)31-20-11-8-18(9-12-20)28-24(30)25-15-17-6-4-3-5-7-17/h8-14,16-17H,3-7,15H2,1-2H3,(H2,25,28,30). The van der Waals surface area contributed by atoms with Gasteiger partial charge < -0.3 is 20.3 Å². The van der Waals surface area contributed by atoms with Gasteiger partial charge in [-0.25, -0.2) is 14.8 Å². The summed E-state index contributed by atoms with van der Waals surface area (Å²) in [6.45, 7) is 0.739. The molecule has 0 radical (unpaired) electrons. The van der Waals surface area contributed by atoms with Crippen LogP contribution in [0.1, 0.15) is 32.1 Å². The Labute approximate surface area is 182 Å². The summed E-state index contributed by atoms with van der Waals surface area (Å²) in [5, 5.41) is 6.71. The average molecular weight is 420 g/mol. The Bertz CT molecular complexity index is 1030. The van der Waals surface area contributed by atoms with E-state index < -0.39 is 0 Å². The monoisotopic (exact) mass is 419 g/mol. The zero-order valence-electron chi connectivity index (χ0n) is 18.1. The maximum Gasteiger partial charge on any atom is 0.319 e. The van der Waals surface area contributed by atoms with E-state index in [-0.39, 0.29) is 6.03 Å². The van der Waals surface area contributed by atoms with Crippen LogP contribution in [-0.2, 0) is 0 Å². The summed E-state index contributed by atoms with van der Waals surface area (Å²) in [6.07, 6.45) is 7.78. The van der Waals surface area contributed by atoms with E-state index in [1.54, 1.807) is 0 Å². The molecule has 0 bridgehead atoms. The summed E-state index contributed by atoms with van der Waals surface area (Å²) >= 11 is 0. The van der Waals surface area contributed by atoms with E-state index in [1.807, 2.05) is 61.5 Å². The molecule has 1 aromatic heterocycles. The quantitative estimate of drug-likeness (QED) is 0.575. The number of anilines is 2. The van der Waals surface area contributed by atoms with E-state index >= 15 is 0 Å². The molecule has 1 aliphatic carbocycles. The van der Waals surface area contributed by atoms with Crippen LogP contribution in [0.4, 0.5) is 16.2 Å². The number of hydrogen-bond donors (Lipinski definition) is 2. The molecule has 1 fully saturated rings. The molecule has 0 spiro atoms. The van der Waals surface area contributed by atoms with Crippen molar-refractivity contribution in [3.63, 3.8) is 0 Å². The molecule has 4 rings (SSSR count). The van der Waals surface area contributed by atoms with Gasteiger partial charge in [-0.15, -0.1) is 0 Å². The van der Waals surface area contributed by atoms with Crippen LogP contribution < -0.4 is 20.3 Å². The van der Waals surface area contributed by atoms with E-state index in [9.17, 15) is 4.79 Å². The lowest BCUT2D eigenvalue weighted by Gasteiger charge is -2.21. The van der Waals surface area contributed by atoms with Gasteiger partial charge in [0.2, 0.25) is 5.88 Å². The number of fused-ring (bicyclic) bond motifs is 1. The Morgan fingerprint density at radius 3 is 2.58 bits per heavy atom. The van der Waals surface area contributed by atoms with Crippen LogP contribution in [0, 0.1) is 5.92 Å². The van der Waals surface area contributed by atoms with E-state index in [4.69, 9.17) is 4.74 Å². The molecule has 162 valence electrons. The number of nitrogens with zero attached hydrogens (tertiary/aromatic N) is 3. The van der Waals surface area contributed by atoms with Gasteiger partial charge in [0.15, 0.2) is 0 Å². The summed E-state index contributed by atoms with van der Waals surface area (Å²) in [5.41, 5.74) is 2.61. The van der Waals surface area contributed by atoms with Crippen LogP contribution in [-0.4, -0.2) is 36.6 Å². The maximum atomic E-state index is 12.2. The van der Waals surface area contributed by atoms with Crippen molar-refractivity contribution >= 4 is 28.3 Å². The highest BCUT2D eigenvalue weighted by molar-refractivity contribution is 5.89. The Kier molecular flexibility index (Phi) is 6.50. The number of aromatic nitrogens is 2. The van der Waals surface area contributed by atoms with Gasteiger partial charge in [-0.3, -0.25) is 0 Å². The molecule has 0 atom stereocenters. The second-order valence-corrected chi connectivity index (χ2v) is 8.24. The van der Waals surface area contributed by atoms with Gasteiger partial charge in [-0.1, -0.05) is 19.3 Å². The highest BCUT2D eigenvalue weighted by atomic mass is 16.5. The number of carbonyl (C=O) groups excluding carboxylic acids is 1. The van der Waals surface area contributed by atoms with Crippen molar-refractivity contribution in [2.45, 2.75) is 32.1 Å². The molecular weight excluding hydrogens is 390 g/mol. The van der Waals surface area contributed by atoms with E-state index in [0.717, 1.165) is 28.8 Å². The van der Waals surface area contributed by atoms with Crippen LogP contribution in [0.2, 0.25) is 0 Å². The lowest BCUT2D eigenvalue weighted by atomic mass is 9.89. The first kappa shape index (κ1) is 20.9. The molecule has 2 N–H and O–H groups in total. The van der Waals surface area contributed by atoms with Crippen molar-refractivity contribution < 1.29 is 9.53 Å². The van der Waals surface area contributed by atoms with Gasteiger partial charge in [0.1, 0.15) is 12.1 Å². The Morgan fingerprint density at radius 2 is 1.84 bits per heavy atom. The van der Waals surface area contributed by atoms with Crippen molar-refractivity contribution in [1.82, 2.24) is 15.3 Å². The molecule has 1 heterocycles. The maximum absolute atomic E-state index is 12.2. The number of nitrogens with one attached hydrogen (secondary N) is 2. The molecule has 31 heavy (non-hydrogen) atoms. The fraction of sp³-hybridized carbons (Fsp3) is 0.375. The molecule has 0 saturated heterocycles. The number of urea groups is 1. The minimum atomic E-state index is -0.169. The highest BCUT2D eigenvalue weighted by Crippen LogP contribution is 2.29. The van der Waals surface area contributed by atoms with Gasteiger partial charge in [-0.2, -0.15) is 0 Å². The molecule has 2 aromatic carbocycles. The van der Waals surface area contributed by atoms with Gasteiger partial charge in [0, 0.05) is 32.0 Å². The predicted octanol–water partition coefficient (Wildman–Crippen LogP) is 5.19. The highest BCUT2D eigenvalue weighted by Gasteiger charge is 2.14. The lowest BCUT2D eigenvalue weighted by Crippen LogP contribution is -2.33. The minimum Gasteiger partial charge on any atom is -0.438 e. The third-order valence-corrected chi connectivity index (χ3v) is 5.70. The summed E-state index contributed by atoms with van der Waals surface area (Å²) in [7, 11) is 3.98. The normalized spacial score (nSPS) is 14.3. The van der Waals surface area contributed by atoms with Crippen LogP contribution in [0.25, 0.3) is 10.9 Å². The summed E-state index contributed by atoms with van der Waals surface area (Å²) in [4.78, 5) is 22.8. The van der Waals surface area contributed by atoms with E-state index in [0.29, 0.717) is 17.5 Å². The number of hydrogen-bond acceptors (Lipinski definition) is 5. The molecule has 0 aliphatic heterocycles. The predicted molar refractivity (Wildman–Crippen MR) is 124 cm³/mol. The van der Waals surface area contributed by atoms with Gasteiger partial charge in [0.25, 0.3) is 0 Å². The number of benzene rings is 2. The third-order valence-electron chi connectivity index (χ3n) is 5.70. The van der Waals surface area contributed by atoms with Crippen molar-refractivity contribution in [3.05, 3.63) is 48.8 Å². The molecule has 0 unspecified atom stereocenters. The first-order valence-electron chi connectivity index (χ1n) is 10.8. The first-order chi connectivity index (χ1) is 15.1. The van der Waals surface area contributed by atoms with E-state index in [2.05, 4.69) is 20.6 Å². The van der Waals surface area contributed by atoms with E-state index in [1.165, 1.54) is 38.4 Å². The van der Waals surface area contributed by atoms with Crippen molar-refractivity contribution in [2.24, 2.45) is 5.92 Å². The lowest BCUT2D eigenvalue weighted by molar-refractivity contribution is 0.247. The molecule has 2 amide bonds. The molecule has 3 aromatic rings. The second kappa shape index (κ2) is 9.64. The van der Waals surface area contributed by atoms with Crippen LogP contribution in [0.5, 0.6) is 11.6 Å². The zero-order valence-corrected chi connectivity index (χ0v) is 18.1. The van der Waals surface area contributed by atoms with Crippen LogP contribution in [0.3, 0.4) is 0 Å². The van der Waals surface area contributed by atoms with Crippen molar-refractivity contribution in [1.29, 1.82) is 0 Å². The molecule has 7 heteroatoms. The molecule has 7 nitrogen and oxygen atoms in total. The number of amides is 2. The second-order valence-electron chi connectivity index (χ2n) is 8.24. The fourth-order valence-corrected chi connectivity index (χ4v) is 3.90. The van der Waals surface area contributed by atoms with Crippen LogP contribution in [0.15, 0.2) is 48.8 Å². The Morgan fingerprint density at radius 1 is 1.06 bits per heavy atom. The number of rotatable bonds is 6. The van der Waals surface area contributed by atoms with Crippen molar-refractivity contribution in [2.75, 3.05) is 30.9 Å². The summed E-state index contributed by atoms with van der Waals surface area (Å²) < 4.78 is 5.99. The smallest absolute Gasteiger partial charge is 0.319 e. The summed E-state index contributed by atoms with van der Waals surface area (Å²) in [5.74, 6) is 1.75. The number of ether oxygens (including phenoxy) is 1. The van der Waals surface area contributed by atoms with Crippen molar-refractivity contribution in [3.8, 4) is 11.6 Å². The average Bonchev–Trinajstić information content (AvgIpc) is 2.79. The third kappa shape index (κ3) is 5.42. The van der Waals surface area contributed by atoms with Gasteiger partial charge in [0.05, 0.1) is 10.9 Å².